The first-order valence-electron chi connectivity index (χ1n) is 6.22. The summed E-state index contributed by atoms with van der Waals surface area (Å²) in [4.78, 5) is 10.5. The molecule has 1 aliphatic heterocycles. The van der Waals surface area contributed by atoms with E-state index < -0.39 is 10.0 Å². The van der Waals surface area contributed by atoms with Gasteiger partial charge in [0.25, 0.3) is 0 Å². The lowest BCUT2D eigenvalue weighted by molar-refractivity contribution is 0.178. The number of hydrogen-bond donors (Lipinski definition) is 1. The van der Waals surface area contributed by atoms with E-state index in [9.17, 15) is 8.42 Å². The zero-order valence-corrected chi connectivity index (χ0v) is 12.4. The predicted octanol–water partition coefficient (Wildman–Crippen LogP) is -0.713. The lowest BCUT2D eigenvalue weighted by Gasteiger charge is -2.34. The van der Waals surface area contributed by atoms with Crippen LogP contribution in [0.5, 0.6) is 0 Å². The summed E-state index contributed by atoms with van der Waals surface area (Å²) in [6.45, 7) is 2.35. The van der Waals surface area contributed by atoms with Crippen molar-refractivity contribution in [3.05, 3.63) is 11.9 Å². The Hall–Kier alpha value is -1.45. The van der Waals surface area contributed by atoms with Crippen LogP contribution in [0.3, 0.4) is 0 Å². The van der Waals surface area contributed by atoms with Crippen LogP contribution in [0.2, 0.25) is 0 Å². The van der Waals surface area contributed by atoms with Crippen molar-refractivity contribution < 1.29 is 13.2 Å². The lowest BCUT2D eigenvalue weighted by Crippen LogP contribution is -2.48. The summed E-state index contributed by atoms with van der Waals surface area (Å²) in [6.07, 6.45) is 1.22. The zero-order valence-electron chi connectivity index (χ0n) is 11.6. The molecule has 0 spiro atoms. The van der Waals surface area contributed by atoms with Gasteiger partial charge in [0.2, 0.25) is 10.0 Å². The van der Waals surface area contributed by atoms with Gasteiger partial charge in [-0.2, -0.15) is 4.31 Å². The molecule has 2 N–H and O–H groups in total. The molecule has 1 aromatic heterocycles. The van der Waals surface area contributed by atoms with Crippen LogP contribution in [0.15, 0.2) is 6.07 Å². The number of rotatable bonds is 4. The number of nitrogen functional groups attached to an aromatic ring is 1. The Balaban J connectivity index is 2.10. The average molecular weight is 301 g/mol. The minimum absolute atomic E-state index is 0.293. The summed E-state index contributed by atoms with van der Waals surface area (Å²) in [6, 6.07) is 1.69. The van der Waals surface area contributed by atoms with E-state index in [1.165, 1.54) is 10.6 Å². The number of anilines is 2. The molecular formula is C11H19N5O3S. The SMILES string of the molecule is COCc1nc(N)cc(N2CCN(S(C)(=O)=O)CC2)n1. The molecule has 0 radical (unpaired) electrons. The number of nitrogens with zero attached hydrogens (tertiary/aromatic N) is 4. The van der Waals surface area contributed by atoms with Crippen molar-refractivity contribution in [1.29, 1.82) is 0 Å². The Morgan fingerprint density at radius 1 is 1.30 bits per heavy atom. The fraction of sp³-hybridized carbons (Fsp3) is 0.636. The minimum Gasteiger partial charge on any atom is -0.384 e. The van der Waals surface area contributed by atoms with E-state index >= 15 is 0 Å². The molecule has 9 heteroatoms. The highest BCUT2D eigenvalue weighted by molar-refractivity contribution is 7.88. The van der Waals surface area contributed by atoms with Crippen molar-refractivity contribution in [3.63, 3.8) is 0 Å². The molecule has 1 fully saturated rings. The maximum atomic E-state index is 11.5. The molecule has 20 heavy (non-hydrogen) atoms. The highest BCUT2D eigenvalue weighted by Gasteiger charge is 2.24. The van der Waals surface area contributed by atoms with Gasteiger partial charge in [0.15, 0.2) is 5.82 Å². The third kappa shape index (κ3) is 3.56. The highest BCUT2D eigenvalue weighted by atomic mass is 32.2. The Morgan fingerprint density at radius 2 is 1.95 bits per heavy atom. The third-order valence-corrected chi connectivity index (χ3v) is 4.39. The van der Waals surface area contributed by atoms with Crippen LogP contribution in [-0.2, 0) is 21.4 Å². The second-order valence-electron chi connectivity index (χ2n) is 4.65. The highest BCUT2D eigenvalue weighted by Crippen LogP contribution is 2.17. The van der Waals surface area contributed by atoms with E-state index in [0.717, 1.165) is 0 Å². The molecule has 0 aromatic carbocycles. The van der Waals surface area contributed by atoms with Crippen molar-refractivity contribution >= 4 is 21.7 Å². The number of sulfonamides is 1. The van der Waals surface area contributed by atoms with E-state index in [0.29, 0.717) is 50.2 Å². The molecule has 0 atom stereocenters. The van der Waals surface area contributed by atoms with Gasteiger partial charge in [-0.25, -0.2) is 18.4 Å². The number of hydrogen-bond acceptors (Lipinski definition) is 7. The van der Waals surface area contributed by atoms with Crippen LogP contribution in [0, 0.1) is 0 Å². The van der Waals surface area contributed by atoms with Gasteiger partial charge in [0.05, 0.1) is 6.26 Å². The smallest absolute Gasteiger partial charge is 0.211 e. The second kappa shape index (κ2) is 5.90. The normalized spacial score (nSPS) is 17.4. The molecule has 0 bridgehead atoms. The van der Waals surface area contributed by atoms with Gasteiger partial charge in [-0.3, -0.25) is 0 Å². The van der Waals surface area contributed by atoms with Crippen LogP contribution < -0.4 is 10.6 Å². The molecule has 0 aliphatic carbocycles. The molecule has 2 heterocycles. The summed E-state index contributed by atoms with van der Waals surface area (Å²) in [7, 11) is -1.56. The average Bonchev–Trinajstić information content (AvgIpc) is 2.37. The molecular weight excluding hydrogens is 282 g/mol. The van der Waals surface area contributed by atoms with Crippen molar-refractivity contribution in [2.75, 3.05) is 50.2 Å². The van der Waals surface area contributed by atoms with E-state index in [1.807, 2.05) is 4.90 Å². The minimum atomic E-state index is -3.13. The summed E-state index contributed by atoms with van der Waals surface area (Å²) in [5.74, 6) is 1.61. The first-order chi connectivity index (χ1) is 9.40. The summed E-state index contributed by atoms with van der Waals surface area (Å²) in [5.41, 5.74) is 5.75. The summed E-state index contributed by atoms with van der Waals surface area (Å²) in [5, 5.41) is 0. The van der Waals surface area contributed by atoms with Gasteiger partial charge in [-0.15, -0.1) is 0 Å². The monoisotopic (exact) mass is 301 g/mol. The number of aromatic nitrogens is 2. The molecule has 112 valence electrons. The van der Waals surface area contributed by atoms with Crippen molar-refractivity contribution in [2.45, 2.75) is 6.61 Å². The lowest BCUT2D eigenvalue weighted by atomic mass is 10.3. The van der Waals surface area contributed by atoms with Crippen molar-refractivity contribution in [3.8, 4) is 0 Å². The molecule has 1 aliphatic rings. The number of nitrogens with two attached hydrogens (primary N) is 1. The standard InChI is InChI=1S/C11H19N5O3S/c1-19-8-10-13-9(12)7-11(14-10)15-3-5-16(6-4-15)20(2,17)18/h7H,3-6,8H2,1-2H3,(H2,12,13,14). The van der Waals surface area contributed by atoms with E-state index in [-0.39, 0.29) is 0 Å². The van der Waals surface area contributed by atoms with Gasteiger partial charge >= 0.3 is 0 Å². The fourth-order valence-corrected chi connectivity index (χ4v) is 2.93. The van der Waals surface area contributed by atoms with Gasteiger partial charge < -0.3 is 15.4 Å². The van der Waals surface area contributed by atoms with Crippen LogP contribution in [0.1, 0.15) is 5.82 Å². The van der Waals surface area contributed by atoms with E-state index in [1.54, 1.807) is 13.2 Å². The van der Waals surface area contributed by atoms with Crippen molar-refractivity contribution in [1.82, 2.24) is 14.3 Å². The van der Waals surface area contributed by atoms with Gasteiger partial charge in [0, 0.05) is 39.4 Å². The van der Waals surface area contributed by atoms with Crippen LogP contribution in [0.4, 0.5) is 11.6 Å². The molecule has 1 saturated heterocycles. The second-order valence-corrected chi connectivity index (χ2v) is 6.63. The Bertz CT molecular complexity index is 569. The summed E-state index contributed by atoms with van der Waals surface area (Å²) >= 11 is 0. The van der Waals surface area contributed by atoms with E-state index in [2.05, 4.69) is 9.97 Å². The van der Waals surface area contributed by atoms with Crippen LogP contribution in [-0.4, -0.2) is 62.2 Å². The third-order valence-electron chi connectivity index (χ3n) is 3.08. The maximum Gasteiger partial charge on any atom is 0.211 e. The molecule has 0 amide bonds. The topological polar surface area (TPSA) is 102 Å². The van der Waals surface area contributed by atoms with Crippen molar-refractivity contribution in [2.24, 2.45) is 0 Å². The van der Waals surface area contributed by atoms with Gasteiger partial charge in [0.1, 0.15) is 18.2 Å². The number of methoxy groups -OCH3 is 1. The first-order valence-corrected chi connectivity index (χ1v) is 8.07. The Morgan fingerprint density at radius 3 is 2.50 bits per heavy atom. The Labute approximate surface area is 118 Å². The van der Waals surface area contributed by atoms with Crippen LogP contribution in [0.25, 0.3) is 0 Å². The quantitative estimate of drug-likeness (QED) is 0.783. The molecule has 8 nitrogen and oxygen atoms in total. The maximum absolute atomic E-state index is 11.5. The Kier molecular flexibility index (Phi) is 4.41. The first kappa shape index (κ1) is 14.9. The van der Waals surface area contributed by atoms with E-state index in [4.69, 9.17) is 10.5 Å². The number of piperazine rings is 1. The zero-order chi connectivity index (χ0) is 14.8. The molecule has 1 aromatic rings. The predicted molar refractivity (Wildman–Crippen MR) is 75.8 cm³/mol. The number of ether oxygens (including phenoxy) is 1. The summed E-state index contributed by atoms with van der Waals surface area (Å²) < 4.78 is 29.4. The molecule has 0 unspecified atom stereocenters. The fourth-order valence-electron chi connectivity index (χ4n) is 2.11. The van der Waals surface area contributed by atoms with Gasteiger partial charge in [-0.1, -0.05) is 0 Å². The largest absolute Gasteiger partial charge is 0.384 e. The molecule has 2 rings (SSSR count). The molecule has 0 saturated carbocycles. The van der Waals surface area contributed by atoms with Crippen LogP contribution >= 0.6 is 0 Å². The van der Waals surface area contributed by atoms with Gasteiger partial charge in [-0.05, 0) is 0 Å².